The van der Waals surface area contributed by atoms with E-state index in [1.54, 1.807) is 17.7 Å². The van der Waals surface area contributed by atoms with Crippen molar-refractivity contribution in [3.63, 3.8) is 0 Å². The molecule has 1 fully saturated rings. The van der Waals surface area contributed by atoms with Gasteiger partial charge in [0.15, 0.2) is 0 Å². The molecular weight excluding hydrogens is 406 g/mol. The van der Waals surface area contributed by atoms with Crippen LogP contribution < -0.4 is 26.4 Å². The third-order valence-electron chi connectivity index (χ3n) is 5.99. The highest BCUT2D eigenvalue weighted by Crippen LogP contribution is 2.25. The lowest BCUT2D eigenvalue weighted by molar-refractivity contribution is 0.292. The minimum atomic E-state index is -0.292. The maximum Gasteiger partial charge on any atom is 0.332 e. The van der Waals surface area contributed by atoms with Crippen LogP contribution in [0.25, 0.3) is 0 Å². The van der Waals surface area contributed by atoms with Crippen LogP contribution in [0.5, 0.6) is 0 Å². The topological polar surface area (TPSA) is 89.5 Å². The van der Waals surface area contributed by atoms with Gasteiger partial charge in [-0.05, 0) is 44.1 Å². The van der Waals surface area contributed by atoms with Gasteiger partial charge in [-0.25, -0.2) is 4.79 Å². The lowest BCUT2D eigenvalue weighted by atomic mass is 10.1. The molecule has 1 saturated heterocycles. The van der Waals surface area contributed by atoms with Gasteiger partial charge in [0.05, 0.1) is 23.0 Å². The molecule has 0 bridgehead atoms. The van der Waals surface area contributed by atoms with Crippen molar-refractivity contribution in [1.29, 1.82) is 5.26 Å². The number of anilines is 3. The van der Waals surface area contributed by atoms with E-state index in [0.29, 0.717) is 11.4 Å². The molecule has 0 aliphatic carbocycles. The maximum absolute atomic E-state index is 12.3. The number of aromatic nitrogens is 2. The van der Waals surface area contributed by atoms with E-state index in [4.69, 9.17) is 5.26 Å². The Hall–Kier alpha value is -3.25. The zero-order valence-electron chi connectivity index (χ0n) is 19.5. The van der Waals surface area contributed by atoms with Crippen molar-refractivity contribution in [2.24, 2.45) is 14.1 Å². The molecule has 9 nitrogen and oxygen atoms in total. The number of nitrogens with zero attached hydrogens (tertiary/aromatic N) is 6. The average molecular weight is 440 g/mol. The van der Waals surface area contributed by atoms with Crippen LogP contribution in [0.2, 0.25) is 0 Å². The number of nitriles is 1. The van der Waals surface area contributed by atoms with Gasteiger partial charge in [-0.2, -0.15) is 5.26 Å². The van der Waals surface area contributed by atoms with Crippen LogP contribution in [0.1, 0.15) is 18.4 Å². The molecule has 0 saturated carbocycles. The Kier molecular flexibility index (Phi) is 7.59. The third kappa shape index (κ3) is 5.32. The van der Waals surface area contributed by atoms with E-state index in [2.05, 4.69) is 21.2 Å². The van der Waals surface area contributed by atoms with Crippen LogP contribution in [0, 0.1) is 11.3 Å². The summed E-state index contributed by atoms with van der Waals surface area (Å²) in [7, 11) is 7.18. The summed E-state index contributed by atoms with van der Waals surface area (Å²) in [6.07, 6.45) is 1.98. The Labute approximate surface area is 189 Å². The van der Waals surface area contributed by atoms with Gasteiger partial charge in [0.25, 0.3) is 5.56 Å². The van der Waals surface area contributed by atoms with E-state index in [1.807, 2.05) is 37.2 Å². The standard InChI is InChI=1S/C23H33N7O2/c1-26(2)20-15-18(17-24)7-8-19(20)25-9-5-10-29-11-6-12-30(14-13-29)21-16-22(31)28(4)23(32)27(21)3/h7-8,15-16,25H,5-6,9-14H2,1-4H3. The molecule has 0 radical (unpaired) electrons. The largest absolute Gasteiger partial charge is 0.383 e. The fourth-order valence-electron chi connectivity index (χ4n) is 4.09. The Morgan fingerprint density at radius 2 is 1.84 bits per heavy atom. The zero-order valence-corrected chi connectivity index (χ0v) is 19.5. The van der Waals surface area contributed by atoms with E-state index < -0.39 is 0 Å². The molecular formula is C23H33N7O2. The maximum atomic E-state index is 12.3. The van der Waals surface area contributed by atoms with Gasteiger partial charge >= 0.3 is 5.69 Å². The second-order valence-electron chi connectivity index (χ2n) is 8.44. The molecule has 172 valence electrons. The minimum Gasteiger partial charge on any atom is -0.383 e. The van der Waals surface area contributed by atoms with Gasteiger partial charge in [-0.15, -0.1) is 0 Å². The molecule has 9 heteroatoms. The summed E-state index contributed by atoms with van der Waals surface area (Å²) in [6, 6.07) is 9.45. The lowest BCUT2D eigenvalue weighted by Gasteiger charge is -2.25. The van der Waals surface area contributed by atoms with E-state index >= 15 is 0 Å². The highest BCUT2D eigenvalue weighted by molar-refractivity contribution is 5.71. The number of hydrogen-bond donors (Lipinski definition) is 1. The predicted molar refractivity (Wildman–Crippen MR) is 129 cm³/mol. The molecule has 1 aliphatic rings. The SMILES string of the molecule is CN(C)c1cc(C#N)ccc1NCCCN1CCCN(c2cc(=O)n(C)c(=O)n2C)CC1. The second-order valence-corrected chi connectivity index (χ2v) is 8.44. The van der Waals surface area contributed by atoms with Crippen molar-refractivity contribution in [2.45, 2.75) is 12.8 Å². The van der Waals surface area contributed by atoms with Crippen molar-refractivity contribution >= 4 is 17.2 Å². The summed E-state index contributed by atoms with van der Waals surface area (Å²) in [4.78, 5) is 30.9. The molecule has 0 spiro atoms. The summed E-state index contributed by atoms with van der Waals surface area (Å²) < 4.78 is 2.69. The summed E-state index contributed by atoms with van der Waals surface area (Å²) in [5.41, 5.74) is 2.13. The second kappa shape index (κ2) is 10.4. The summed E-state index contributed by atoms with van der Waals surface area (Å²) in [5, 5.41) is 12.6. The summed E-state index contributed by atoms with van der Waals surface area (Å²) >= 11 is 0. The quantitative estimate of drug-likeness (QED) is 0.645. The van der Waals surface area contributed by atoms with Crippen LogP contribution >= 0.6 is 0 Å². The first-order chi connectivity index (χ1) is 15.3. The number of benzene rings is 1. The third-order valence-corrected chi connectivity index (χ3v) is 5.99. The smallest absolute Gasteiger partial charge is 0.332 e. The van der Waals surface area contributed by atoms with Crippen molar-refractivity contribution in [3.8, 4) is 6.07 Å². The van der Waals surface area contributed by atoms with Crippen LogP contribution in [-0.2, 0) is 14.1 Å². The van der Waals surface area contributed by atoms with Crippen molar-refractivity contribution in [3.05, 3.63) is 50.7 Å². The van der Waals surface area contributed by atoms with Gasteiger partial charge < -0.3 is 20.0 Å². The monoisotopic (exact) mass is 439 g/mol. The summed E-state index contributed by atoms with van der Waals surface area (Å²) in [6.45, 7) is 5.32. The fourth-order valence-corrected chi connectivity index (χ4v) is 4.09. The summed E-state index contributed by atoms with van der Waals surface area (Å²) in [5.74, 6) is 0.693. The molecule has 1 aliphatic heterocycles. The molecule has 1 N–H and O–H groups in total. The fraction of sp³-hybridized carbons (Fsp3) is 0.522. The Morgan fingerprint density at radius 3 is 2.56 bits per heavy atom. The van der Waals surface area contributed by atoms with E-state index in [0.717, 1.165) is 68.1 Å². The van der Waals surface area contributed by atoms with Gasteiger partial charge in [0.1, 0.15) is 5.82 Å². The van der Waals surface area contributed by atoms with Crippen LogP contribution in [0.15, 0.2) is 33.9 Å². The first kappa shape index (κ1) is 23.4. The van der Waals surface area contributed by atoms with Gasteiger partial charge in [-0.1, -0.05) is 0 Å². The van der Waals surface area contributed by atoms with Crippen LogP contribution in [-0.4, -0.2) is 67.4 Å². The highest BCUT2D eigenvalue weighted by Gasteiger charge is 2.18. The molecule has 3 rings (SSSR count). The van der Waals surface area contributed by atoms with Gasteiger partial charge in [0.2, 0.25) is 0 Å². The first-order valence-electron chi connectivity index (χ1n) is 11.0. The van der Waals surface area contributed by atoms with Crippen LogP contribution in [0.4, 0.5) is 17.2 Å². The van der Waals surface area contributed by atoms with Crippen molar-refractivity contribution < 1.29 is 0 Å². The molecule has 0 amide bonds. The molecule has 2 aromatic rings. The first-order valence-corrected chi connectivity index (χ1v) is 11.0. The zero-order chi connectivity index (χ0) is 23.3. The van der Waals surface area contributed by atoms with E-state index in [9.17, 15) is 9.59 Å². The van der Waals surface area contributed by atoms with Gasteiger partial charge in [0, 0.05) is 60.4 Å². The average Bonchev–Trinajstić information content (AvgIpc) is 3.03. The molecule has 32 heavy (non-hydrogen) atoms. The predicted octanol–water partition coefficient (Wildman–Crippen LogP) is 1.04. The Bertz CT molecular complexity index is 1100. The van der Waals surface area contributed by atoms with E-state index in [-0.39, 0.29) is 11.2 Å². The van der Waals surface area contributed by atoms with Crippen molar-refractivity contribution in [2.75, 3.05) is 68.5 Å². The highest BCUT2D eigenvalue weighted by atomic mass is 16.2. The van der Waals surface area contributed by atoms with Crippen LogP contribution in [0.3, 0.4) is 0 Å². The minimum absolute atomic E-state index is 0.268. The van der Waals surface area contributed by atoms with Gasteiger partial charge in [-0.3, -0.25) is 13.9 Å². The van der Waals surface area contributed by atoms with Crippen molar-refractivity contribution in [1.82, 2.24) is 14.0 Å². The van der Waals surface area contributed by atoms with E-state index in [1.165, 1.54) is 7.05 Å². The Balaban J connectivity index is 1.53. The number of nitrogens with one attached hydrogen (secondary N) is 1. The molecule has 0 atom stereocenters. The Morgan fingerprint density at radius 1 is 1.06 bits per heavy atom. The number of hydrogen-bond acceptors (Lipinski definition) is 7. The normalized spacial score (nSPS) is 14.7. The molecule has 1 aromatic carbocycles. The molecule has 0 unspecified atom stereocenters. The number of rotatable bonds is 7. The molecule has 2 heterocycles. The molecule has 1 aromatic heterocycles. The lowest BCUT2D eigenvalue weighted by Crippen LogP contribution is -2.41.